The number of aryl methyl sites for hydroxylation is 2. The standard InChI is InChI=1S/C26H24F3N5O2S2.C25H22F3N5O3S2.C24H19F3N6O3S2.C21H17F3N6O2S2/c1-2-21-30-13-12-20(31-21)24-23(32-26(37-24)34-14-4-3-5-15-34)16-8-6-11-19(22(16)29)33-38(35,36)25-17(27)9-7-10-18(25)28;1-2-20-29-10-9-19(30-20)23-22(31-25(37-23)33-11-13-36-14-12-33)15-5-3-8-18(21(15)28)32-38(34,35)24-16(26)6-4-7-17(24)27;1-28-23-29-11-10-17(30-23)21-20(31-24(37-21)33-12-4-9-18(33)34)13-5-2-8-16(19(13)27)32-38(35,36)22-14(25)6-3-7-15(22)26;1-25-20-27-10-9-15(28-20)18-17(29-21(26-2)33-18)11-5-3-8-14(16(11)24)30-34(31,32)19-12(22)6-4-7-13(19)23/h6-13,33H,2-5,14-15H2,1H3;3-10,32H,2,11-14H2,1H3;2-3,5-8,10-11,32H,4,9,12H2,1H3,(H,28,29,30);3-10,30H,1-2H3,(H,26,29)(H,25,27,28). The number of hydrogen-bond acceptors (Lipinski definition) is 31. The molecule has 0 aliphatic carbocycles. The summed E-state index contributed by atoms with van der Waals surface area (Å²) in [4.78, 5) is 68.3. The van der Waals surface area contributed by atoms with Crippen LogP contribution in [-0.2, 0) is 62.5 Å². The fraction of sp³-hybridized carbons (Fsp3) is 0.198. The summed E-state index contributed by atoms with van der Waals surface area (Å²) >= 11 is 5.05. The quantitative estimate of drug-likeness (QED) is 0.0224. The van der Waals surface area contributed by atoms with Crippen molar-refractivity contribution >= 4 is 147 Å². The first-order valence-corrected chi connectivity index (χ1v) is 54.0. The number of aromatic nitrogens is 12. The molecule has 1 amide bonds. The van der Waals surface area contributed by atoms with Crippen molar-refractivity contribution in [2.45, 2.75) is 78.4 Å². The molecule has 0 saturated carbocycles. The number of benzene rings is 8. The smallest absolute Gasteiger partial charge is 0.267 e. The zero-order valence-electron chi connectivity index (χ0n) is 78.0. The second kappa shape index (κ2) is 45.7. The van der Waals surface area contributed by atoms with E-state index in [-0.39, 0.29) is 45.2 Å². The lowest BCUT2D eigenvalue weighted by Gasteiger charge is -2.26. The highest BCUT2D eigenvalue weighted by Crippen LogP contribution is 2.49. The van der Waals surface area contributed by atoms with Gasteiger partial charge in [0.1, 0.15) is 58.2 Å². The summed E-state index contributed by atoms with van der Waals surface area (Å²) in [5, 5.41) is 10.7. The number of rotatable bonds is 28. The van der Waals surface area contributed by atoms with Gasteiger partial charge in [-0.3, -0.25) is 28.6 Å². The van der Waals surface area contributed by atoms with Gasteiger partial charge in [-0.2, -0.15) is 0 Å². The maximum Gasteiger partial charge on any atom is 0.267 e. The first-order valence-electron chi connectivity index (χ1n) is 44.8. The van der Waals surface area contributed by atoms with Gasteiger partial charge in [-0.05, 0) is 147 Å². The second-order valence-corrected chi connectivity index (χ2v) is 42.4. The van der Waals surface area contributed by atoms with Crippen LogP contribution < -0.4 is 49.5 Å². The van der Waals surface area contributed by atoms with Crippen molar-refractivity contribution in [2.75, 3.05) is 117 Å². The van der Waals surface area contributed by atoms with Crippen molar-refractivity contribution in [3.8, 4) is 87.3 Å². The molecular weight excluding hydrogens is 2110 g/mol. The van der Waals surface area contributed by atoms with Crippen LogP contribution in [0.25, 0.3) is 87.3 Å². The summed E-state index contributed by atoms with van der Waals surface area (Å²) in [5.41, 5.74) is 0.771. The summed E-state index contributed by atoms with van der Waals surface area (Å²) < 4.78 is 292. The van der Waals surface area contributed by atoms with Gasteiger partial charge in [0.05, 0.1) is 101 Å². The number of nitrogens with zero attached hydrogens (tertiary/aromatic N) is 15. The molecule has 0 radical (unpaired) electrons. The number of carbonyl (C=O) groups excluding carboxylic acids is 1. The molecule has 11 heterocycles. The van der Waals surface area contributed by atoms with Crippen molar-refractivity contribution in [3.05, 3.63) is 276 Å². The number of amides is 1. The van der Waals surface area contributed by atoms with Gasteiger partial charge < -0.3 is 30.5 Å². The third kappa shape index (κ3) is 23.3. The van der Waals surface area contributed by atoms with Gasteiger partial charge in [-0.15, -0.1) is 0 Å². The molecule has 3 aliphatic heterocycles. The summed E-state index contributed by atoms with van der Waals surface area (Å²) in [5.74, 6) is -12.5. The maximum absolute atomic E-state index is 15.9. The molecule has 0 atom stereocenters. The van der Waals surface area contributed by atoms with Crippen molar-refractivity contribution in [3.63, 3.8) is 0 Å². The van der Waals surface area contributed by atoms with Gasteiger partial charge >= 0.3 is 0 Å². The van der Waals surface area contributed by atoms with E-state index in [4.69, 9.17) is 14.7 Å². The predicted octanol–water partition coefficient (Wildman–Crippen LogP) is 20.1. The molecular formula is C96H82F12N22O10S8. The fourth-order valence-corrected chi connectivity index (χ4v) is 24.4. The van der Waals surface area contributed by atoms with Crippen LogP contribution in [-0.4, -0.2) is 166 Å². The summed E-state index contributed by atoms with van der Waals surface area (Å²) in [6.07, 6.45) is 11.7. The molecule has 768 valence electrons. The number of sulfonamides is 4. The normalized spacial score (nSPS) is 13.3. The molecule has 148 heavy (non-hydrogen) atoms. The lowest BCUT2D eigenvalue weighted by atomic mass is 10.1. The van der Waals surface area contributed by atoms with E-state index in [0.717, 1.165) is 129 Å². The average molecular weight is 2190 g/mol. The van der Waals surface area contributed by atoms with Crippen molar-refractivity contribution in [1.82, 2.24) is 59.8 Å². The molecule has 3 aliphatic rings. The highest BCUT2D eigenvalue weighted by molar-refractivity contribution is 7.93. The Bertz CT molecular complexity index is 7880. The molecule has 8 aromatic carbocycles. The third-order valence-electron chi connectivity index (χ3n) is 22.4. The highest BCUT2D eigenvalue weighted by atomic mass is 32.2. The Morgan fingerprint density at radius 2 is 0.622 bits per heavy atom. The number of thiazole rings is 4. The van der Waals surface area contributed by atoms with Crippen LogP contribution in [0.1, 0.15) is 57.6 Å². The molecule has 7 N–H and O–H groups in total. The number of morpholine rings is 1. The van der Waals surface area contributed by atoms with Crippen LogP contribution in [0.2, 0.25) is 0 Å². The topological polar surface area (TPSA) is 411 Å². The Labute approximate surface area is 854 Å². The van der Waals surface area contributed by atoms with Crippen LogP contribution in [0.15, 0.2) is 214 Å². The molecule has 3 fully saturated rings. The Morgan fingerprint density at radius 3 is 0.939 bits per heavy atom. The van der Waals surface area contributed by atoms with Crippen LogP contribution in [0.5, 0.6) is 0 Å². The van der Waals surface area contributed by atoms with Gasteiger partial charge in [0, 0.05) is 120 Å². The third-order valence-corrected chi connectivity index (χ3v) is 32.5. The Hall–Kier alpha value is -14.8. The van der Waals surface area contributed by atoms with E-state index in [0.29, 0.717) is 151 Å². The Morgan fingerprint density at radius 1 is 0.324 bits per heavy atom. The minimum absolute atomic E-state index is 0.00151. The van der Waals surface area contributed by atoms with E-state index in [1.54, 1.807) is 57.8 Å². The summed E-state index contributed by atoms with van der Waals surface area (Å²) in [6, 6.07) is 33.2. The van der Waals surface area contributed by atoms with Crippen LogP contribution in [0, 0.1) is 69.8 Å². The average Bonchev–Trinajstić information content (AvgIpc) is 1.56. The van der Waals surface area contributed by atoms with Gasteiger partial charge in [0.15, 0.2) is 63.4 Å². The van der Waals surface area contributed by atoms with Crippen molar-refractivity contribution < 1.29 is 95.9 Å². The first-order chi connectivity index (χ1) is 71.0. The lowest BCUT2D eigenvalue weighted by molar-refractivity contribution is -0.117. The zero-order chi connectivity index (χ0) is 105. The van der Waals surface area contributed by atoms with E-state index in [1.807, 2.05) is 37.6 Å². The van der Waals surface area contributed by atoms with E-state index >= 15 is 17.6 Å². The molecule has 52 heteroatoms. The van der Waals surface area contributed by atoms with Crippen LogP contribution in [0.4, 0.5) is 108 Å². The number of nitrogens with one attached hydrogen (secondary N) is 7. The SMILES string of the molecule is CCc1nccc(-c2sc(N3CCCCC3)nc2-c2cccc(NS(=O)(=O)c3c(F)cccc3F)c2F)n1.CCc1nccc(-c2sc(N3CCOCC3)nc2-c2cccc(NS(=O)(=O)c3c(F)cccc3F)c2F)n1.CNc1nccc(-c2sc(N3CCCC3=O)nc2-c2cccc(NS(=O)(=O)c3c(F)cccc3F)c2F)n1.CNc1nccc(-c2sc(NC)nc2-c2cccc(NS(=O)(=O)c3c(F)cccc3F)c2F)n1. The summed E-state index contributed by atoms with van der Waals surface area (Å²) in [7, 11) is -14.2. The number of halogens is 12. The highest BCUT2D eigenvalue weighted by Gasteiger charge is 2.36. The number of anilines is 10. The number of ether oxygens (including phenoxy) is 1. The summed E-state index contributed by atoms with van der Waals surface area (Å²) in [6.45, 7) is 8.21. The van der Waals surface area contributed by atoms with Gasteiger partial charge in [-0.25, -0.2) is 146 Å². The molecule has 8 aromatic heterocycles. The minimum atomic E-state index is -4.82. The zero-order valence-corrected chi connectivity index (χ0v) is 84.5. The van der Waals surface area contributed by atoms with E-state index < -0.39 is 152 Å². The molecule has 19 rings (SSSR count). The van der Waals surface area contributed by atoms with E-state index in [9.17, 15) is 73.6 Å². The maximum atomic E-state index is 15.9. The number of piperidine rings is 1. The van der Waals surface area contributed by atoms with E-state index in [1.165, 1.54) is 112 Å². The molecule has 3 saturated heterocycles. The number of carbonyl (C=O) groups is 1. The lowest BCUT2D eigenvalue weighted by Crippen LogP contribution is -2.36. The predicted molar refractivity (Wildman–Crippen MR) is 541 cm³/mol. The van der Waals surface area contributed by atoms with Gasteiger partial charge in [0.25, 0.3) is 40.1 Å². The fourth-order valence-electron chi connectivity index (χ4n) is 15.4. The van der Waals surface area contributed by atoms with Gasteiger partial charge in [0.2, 0.25) is 17.8 Å². The van der Waals surface area contributed by atoms with Crippen LogP contribution >= 0.6 is 45.3 Å². The Kier molecular flexibility index (Phi) is 32.7. The largest absolute Gasteiger partial charge is 0.378 e. The first kappa shape index (κ1) is 106. The van der Waals surface area contributed by atoms with Crippen LogP contribution in [0.3, 0.4) is 0 Å². The van der Waals surface area contributed by atoms with Crippen molar-refractivity contribution in [1.29, 1.82) is 0 Å². The van der Waals surface area contributed by atoms with Crippen molar-refractivity contribution in [2.24, 2.45) is 0 Å². The molecule has 16 aromatic rings. The molecule has 0 unspecified atom stereocenters. The monoisotopic (exact) mass is 2190 g/mol. The minimum Gasteiger partial charge on any atom is -0.378 e. The Balaban J connectivity index is 0.000000141. The molecule has 0 spiro atoms. The van der Waals surface area contributed by atoms with Gasteiger partial charge in [-0.1, -0.05) is 108 Å². The number of hydrogen-bond donors (Lipinski definition) is 7. The molecule has 0 bridgehead atoms. The molecule has 32 nitrogen and oxygen atoms in total. The second-order valence-electron chi connectivity index (χ2n) is 32.0. The van der Waals surface area contributed by atoms with E-state index in [2.05, 4.69) is 70.7 Å².